The predicted molar refractivity (Wildman–Crippen MR) is 76.7 cm³/mol. The van der Waals surface area contributed by atoms with Gasteiger partial charge in [-0.15, -0.1) is 0 Å². The number of fused-ring (bicyclic) bond motifs is 1. The minimum absolute atomic E-state index is 0.0338. The van der Waals surface area contributed by atoms with Crippen molar-refractivity contribution in [1.82, 2.24) is 4.98 Å². The van der Waals surface area contributed by atoms with Gasteiger partial charge in [0.05, 0.1) is 11.9 Å². The largest absolute Gasteiger partial charge is 0.506 e. The lowest BCUT2D eigenvalue weighted by atomic mass is 9.75. The van der Waals surface area contributed by atoms with Gasteiger partial charge in [-0.3, -0.25) is 9.78 Å². The Labute approximate surface area is 118 Å². The number of ketones is 1. The monoisotopic (exact) mass is 267 g/mol. The van der Waals surface area contributed by atoms with Crippen LogP contribution in [0.1, 0.15) is 28.5 Å². The molecular formula is C17H17NO2. The minimum Gasteiger partial charge on any atom is -0.506 e. The molecule has 3 nitrogen and oxygen atoms in total. The van der Waals surface area contributed by atoms with Crippen molar-refractivity contribution in [3.63, 3.8) is 0 Å². The van der Waals surface area contributed by atoms with Gasteiger partial charge in [-0.25, -0.2) is 0 Å². The molecule has 0 saturated heterocycles. The summed E-state index contributed by atoms with van der Waals surface area (Å²) in [7, 11) is 0. The van der Waals surface area contributed by atoms with Gasteiger partial charge in [-0.1, -0.05) is 37.3 Å². The number of pyridine rings is 1. The lowest BCUT2D eigenvalue weighted by Gasteiger charge is -2.28. The summed E-state index contributed by atoms with van der Waals surface area (Å²) in [4.78, 5) is 16.8. The summed E-state index contributed by atoms with van der Waals surface area (Å²) in [5.74, 6) is 0.400. The molecule has 1 aromatic heterocycles. The van der Waals surface area contributed by atoms with Crippen LogP contribution in [0.2, 0.25) is 0 Å². The molecule has 20 heavy (non-hydrogen) atoms. The van der Waals surface area contributed by atoms with Crippen molar-refractivity contribution < 1.29 is 9.90 Å². The van der Waals surface area contributed by atoms with E-state index in [1.807, 2.05) is 18.2 Å². The van der Waals surface area contributed by atoms with Gasteiger partial charge < -0.3 is 5.11 Å². The van der Waals surface area contributed by atoms with Gasteiger partial charge in [0.1, 0.15) is 5.75 Å². The first kappa shape index (κ1) is 12.9. The topological polar surface area (TPSA) is 50.2 Å². The smallest absolute Gasteiger partial charge is 0.168 e. The quantitative estimate of drug-likeness (QED) is 0.910. The summed E-state index contributed by atoms with van der Waals surface area (Å²) in [6.45, 7) is 2.10. The molecule has 2 atom stereocenters. The zero-order chi connectivity index (χ0) is 14.1. The number of nitrogens with zero attached hydrogens (tertiary/aromatic N) is 1. The Hall–Kier alpha value is -2.16. The molecule has 2 aromatic rings. The van der Waals surface area contributed by atoms with E-state index in [2.05, 4.69) is 24.0 Å². The SMILES string of the molecule is C[C@@H]1Cc2ncc(O)cc2C(=O)[C@H]1Cc1ccccc1. The number of hydrogen-bond donors (Lipinski definition) is 1. The van der Waals surface area contributed by atoms with Crippen LogP contribution in [-0.2, 0) is 12.8 Å². The Bertz CT molecular complexity index is 637. The molecule has 0 unspecified atom stereocenters. The number of aromatic nitrogens is 1. The first-order chi connectivity index (χ1) is 9.65. The molecule has 102 valence electrons. The van der Waals surface area contributed by atoms with Crippen LogP contribution < -0.4 is 0 Å². The summed E-state index contributed by atoms with van der Waals surface area (Å²) < 4.78 is 0. The summed E-state index contributed by atoms with van der Waals surface area (Å²) in [6, 6.07) is 11.6. The van der Waals surface area contributed by atoms with Crippen molar-refractivity contribution in [2.75, 3.05) is 0 Å². The van der Waals surface area contributed by atoms with Gasteiger partial charge in [-0.2, -0.15) is 0 Å². The van der Waals surface area contributed by atoms with Crippen molar-refractivity contribution in [3.8, 4) is 5.75 Å². The van der Waals surface area contributed by atoms with E-state index in [0.717, 1.165) is 18.5 Å². The first-order valence-corrected chi connectivity index (χ1v) is 6.91. The van der Waals surface area contributed by atoms with Crippen molar-refractivity contribution in [1.29, 1.82) is 0 Å². The van der Waals surface area contributed by atoms with Crippen molar-refractivity contribution in [3.05, 3.63) is 59.4 Å². The fourth-order valence-electron chi connectivity index (χ4n) is 2.93. The van der Waals surface area contributed by atoms with Crippen LogP contribution in [0.4, 0.5) is 0 Å². The lowest BCUT2D eigenvalue weighted by Crippen LogP contribution is -2.32. The van der Waals surface area contributed by atoms with E-state index in [4.69, 9.17) is 0 Å². The average molecular weight is 267 g/mol. The molecule has 1 aliphatic carbocycles. The maximum absolute atomic E-state index is 12.6. The standard InChI is InChI=1S/C17H17NO2/c1-11-7-16-15(9-13(19)10-18-16)17(20)14(11)8-12-5-3-2-4-6-12/h2-6,9-11,14,19H,7-8H2,1H3/t11-,14+/m1/s1. The molecule has 1 aliphatic rings. The van der Waals surface area contributed by atoms with Crippen molar-refractivity contribution in [2.45, 2.75) is 19.8 Å². The van der Waals surface area contributed by atoms with Gasteiger partial charge >= 0.3 is 0 Å². The molecule has 0 spiro atoms. The number of Topliss-reactive ketones (excluding diaryl/α,β-unsaturated/α-hetero) is 1. The number of carbonyl (C=O) groups is 1. The van der Waals surface area contributed by atoms with Crippen molar-refractivity contribution in [2.24, 2.45) is 11.8 Å². The summed E-state index contributed by atoms with van der Waals surface area (Å²) >= 11 is 0. The van der Waals surface area contributed by atoms with Crippen LogP contribution >= 0.6 is 0 Å². The highest BCUT2D eigenvalue weighted by molar-refractivity contribution is 6.00. The fraction of sp³-hybridized carbons (Fsp3) is 0.294. The third-order valence-corrected chi connectivity index (χ3v) is 4.06. The van der Waals surface area contributed by atoms with Gasteiger partial charge in [0.25, 0.3) is 0 Å². The molecule has 0 aliphatic heterocycles. The summed E-state index contributed by atoms with van der Waals surface area (Å²) in [5.41, 5.74) is 2.57. The molecule has 3 heteroatoms. The maximum atomic E-state index is 12.6. The van der Waals surface area contributed by atoms with E-state index in [1.165, 1.54) is 11.8 Å². The molecule has 0 saturated carbocycles. The van der Waals surface area contributed by atoms with Crippen LogP contribution in [0.15, 0.2) is 42.6 Å². The Morgan fingerprint density at radius 2 is 2.05 bits per heavy atom. The second kappa shape index (κ2) is 5.08. The molecular weight excluding hydrogens is 250 g/mol. The highest BCUT2D eigenvalue weighted by atomic mass is 16.3. The van der Waals surface area contributed by atoms with E-state index in [0.29, 0.717) is 5.56 Å². The Kier molecular flexibility index (Phi) is 3.26. The Morgan fingerprint density at radius 3 is 2.80 bits per heavy atom. The molecule has 0 fully saturated rings. The molecule has 1 heterocycles. The third-order valence-electron chi connectivity index (χ3n) is 4.06. The van der Waals surface area contributed by atoms with Gasteiger partial charge in [-0.05, 0) is 30.4 Å². The first-order valence-electron chi connectivity index (χ1n) is 6.91. The zero-order valence-electron chi connectivity index (χ0n) is 11.4. The highest BCUT2D eigenvalue weighted by Gasteiger charge is 2.33. The third kappa shape index (κ3) is 2.31. The lowest BCUT2D eigenvalue weighted by molar-refractivity contribution is 0.0858. The number of aromatic hydroxyl groups is 1. The van der Waals surface area contributed by atoms with Crippen LogP contribution in [0.25, 0.3) is 0 Å². The van der Waals surface area contributed by atoms with E-state index >= 15 is 0 Å². The summed E-state index contributed by atoms with van der Waals surface area (Å²) in [6.07, 6.45) is 2.95. The normalized spacial score (nSPS) is 21.6. The van der Waals surface area contributed by atoms with E-state index in [-0.39, 0.29) is 23.4 Å². The molecule has 1 aromatic carbocycles. The molecule has 0 amide bonds. The second-order valence-corrected chi connectivity index (χ2v) is 5.53. The summed E-state index contributed by atoms with van der Waals surface area (Å²) in [5, 5.41) is 9.53. The molecule has 0 radical (unpaired) electrons. The average Bonchev–Trinajstić information content (AvgIpc) is 2.46. The number of benzene rings is 1. The fourth-order valence-corrected chi connectivity index (χ4v) is 2.93. The minimum atomic E-state index is -0.0338. The molecule has 0 bridgehead atoms. The van der Waals surface area contributed by atoms with Crippen LogP contribution in [-0.4, -0.2) is 15.9 Å². The highest BCUT2D eigenvalue weighted by Crippen LogP contribution is 2.32. The van der Waals surface area contributed by atoms with Crippen molar-refractivity contribution >= 4 is 5.78 Å². The van der Waals surface area contributed by atoms with Gasteiger partial charge in [0, 0.05) is 11.5 Å². The van der Waals surface area contributed by atoms with Crippen LogP contribution in [0.3, 0.4) is 0 Å². The maximum Gasteiger partial charge on any atom is 0.168 e. The van der Waals surface area contributed by atoms with Crippen LogP contribution in [0.5, 0.6) is 5.75 Å². The number of carbonyl (C=O) groups excluding carboxylic acids is 1. The van der Waals surface area contributed by atoms with Gasteiger partial charge in [0.15, 0.2) is 5.78 Å². The van der Waals surface area contributed by atoms with E-state index in [9.17, 15) is 9.90 Å². The zero-order valence-corrected chi connectivity index (χ0v) is 11.4. The Balaban J connectivity index is 1.91. The van der Waals surface area contributed by atoms with E-state index in [1.54, 1.807) is 6.07 Å². The number of rotatable bonds is 2. The molecule has 3 rings (SSSR count). The second-order valence-electron chi connectivity index (χ2n) is 5.53. The van der Waals surface area contributed by atoms with E-state index < -0.39 is 0 Å². The van der Waals surface area contributed by atoms with Gasteiger partial charge in [0.2, 0.25) is 0 Å². The molecule has 1 N–H and O–H groups in total. The predicted octanol–water partition coefficient (Wildman–Crippen LogP) is 3.02. The number of hydrogen-bond acceptors (Lipinski definition) is 3. The van der Waals surface area contributed by atoms with Crippen LogP contribution in [0, 0.1) is 11.8 Å². The Morgan fingerprint density at radius 1 is 1.30 bits per heavy atom.